The summed E-state index contributed by atoms with van der Waals surface area (Å²) < 4.78 is 5.30. The predicted molar refractivity (Wildman–Crippen MR) is 102 cm³/mol. The molecule has 0 radical (unpaired) electrons. The van der Waals surface area contributed by atoms with Crippen molar-refractivity contribution in [2.75, 3.05) is 7.11 Å². The monoisotopic (exact) mass is 314 g/mol. The van der Waals surface area contributed by atoms with Gasteiger partial charge in [0.05, 0.1) is 7.11 Å². The second kappa shape index (κ2) is 7.65. The van der Waals surface area contributed by atoms with Gasteiger partial charge in [0.2, 0.25) is 0 Å². The fraction of sp³-hybridized carbons (Fsp3) is 0.130. The highest BCUT2D eigenvalue weighted by atomic mass is 16.5. The molecule has 0 aliphatic rings. The molecule has 0 saturated heterocycles. The Balaban J connectivity index is 2.21. The van der Waals surface area contributed by atoms with Crippen LogP contribution in [0.25, 0.3) is 11.1 Å². The van der Waals surface area contributed by atoms with Crippen LogP contribution in [0.3, 0.4) is 0 Å². The van der Waals surface area contributed by atoms with Crippen LogP contribution in [0.2, 0.25) is 0 Å². The Labute approximate surface area is 144 Å². The minimum atomic E-state index is 0.884. The van der Waals surface area contributed by atoms with Crippen molar-refractivity contribution in [2.45, 2.75) is 13.3 Å². The highest BCUT2D eigenvalue weighted by molar-refractivity contribution is 5.98. The molecule has 0 aliphatic heterocycles. The van der Waals surface area contributed by atoms with Crippen molar-refractivity contribution in [1.29, 1.82) is 0 Å². The molecule has 0 fully saturated rings. The fourth-order valence-electron chi connectivity index (χ4n) is 3.04. The molecule has 120 valence electrons. The summed E-state index contributed by atoms with van der Waals surface area (Å²) in [5.74, 6) is 0.884. The Hall–Kier alpha value is -2.80. The number of ether oxygens (including phenoxy) is 1. The smallest absolute Gasteiger partial charge is 0.118 e. The first-order chi connectivity index (χ1) is 11.8. The molecule has 0 aliphatic carbocycles. The van der Waals surface area contributed by atoms with Gasteiger partial charge in [-0.15, -0.1) is 0 Å². The second-order valence-electron chi connectivity index (χ2n) is 5.67. The van der Waals surface area contributed by atoms with Crippen molar-refractivity contribution in [3.8, 4) is 5.75 Å². The molecule has 0 atom stereocenters. The SMILES string of the molecule is CCC(=C(c1ccccc1)c1ccccc1)c1ccc(OC)cc1. The maximum atomic E-state index is 5.30. The van der Waals surface area contributed by atoms with Gasteiger partial charge in [-0.3, -0.25) is 0 Å². The number of allylic oxidation sites excluding steroid dienone is 1. The topological polar surface area (TPSA) is 9.23 Å². The van der Waals surface area contributed by atoms with Gasteiger partial charge < -0.3 is 4.74 Å². The van der Waals surface area contributed by atoms with Gasteiger partial charge >= 0.3 is 0 Å². The van der Waals surface area contributed by atoms with Crippen LogP contribution in [0.15, 0.2) is 84.9 Å². The Morgan fingerprint density at radius 3 is 1.58 bits per heavy atom. The zero-order valence-corrected chi connectivity index (χ0v) is 14.2. The highest BCUT2D eigenvalue weighted by Crippen LogP contribution is 2.34. The molecule has 0 unspecified atom stereocenters. The summed E-state index contributed by atoms with van der Waals surface area (Å²) in [6.45, 7) is 2.21. The second-order valence-corrected chi connectivity index (χ2v) is 5.67. The Morgan fingerprint density at radius 2 is 1.17 bits per heavy atom. The van der Waals surface area contributed by atoms with Crippen molar-refractivity contribution >= 4 is 11.1 Å². The third-order valence-electron chi connectivity index (χ3n) is 4.22. The summed E-state index contributed by atoms with van der Waals surface area (Å²) in [5, 5.41) is 0. The van der Waals surface area contributed by atoms with E-state index < -0.39 is 0 Å². The van der Waals surface area contributed by atoms with Gasteiger partial charge in [-0.05, 0) is 46.4 Å². The van der Waals surface area contributed by atoms with E-state index >= 15 is 0 Å². The average Bonchev–Trinajstić information content (AvgIpc) is 2.67. The first-order valence-corrected chi connectivity index (χ1v) is 8.32. The van der Waals surface area contributed by atoms with Gasteiger partial charge in [0.15, 0.2) is 0 Å². The van der Waals surface area contributed by atoms with E-state index in [0.29, 0.717) is 0 Å². The lowest BCUT2D eigenvalue weighted by Crippen LogP contribution is -1.95. The Morgan fingerprint density at radius 1 is 0.667 bits per heavy atom. The molecule has 0 heterocycles. The van der Waals surface area contributed by atoms with E-state index in [9.17, 15) is 0 Å². The van der Waals surface area contributed by atoms with E-state index in [4.69, 9.17) is 4.74 Å². The standard InChI is InChI=1S/C23H22O/c1-3-22(18-14-16-21(24-2)17-15-18)23(19-10-6-4-7-11-19)20-12-8-5-9-13-20/h4-17H,3H2,1-2H3. The quantitative estimate of drug-likeness (QED) is 0.520. The molecule has 0 bridgehead atoms. The molecule has 0 saturated carbocycles. The first-order valence-electron chi connectivity index (χ1n) is 8.32. The number of benzene rings is 3. The van der Waals surface area contributed by atoms with Crippen LogP contribution in [0.5, 0.6) is 5.75 Å². The Bertz CT molecular complexity index is 758. The molecule has 0 aromatic heterocycles. The normalized spacial score (nSPS) is 10.2. The molecule has 0 N–H and O–H groups in total. The van der Waals surface area contributed by atoms with Crippen LogP contribution in [0.1, 0.15) is 30.0 Å². The van der Waals surface area contributed by atoms with E-state index in [1.54, 1.807) is 7.11 Å². The third kappa shape index (κ3) is 3.41. The molecule has 1 nitrogen and oxygen atoms in total. The number of rotatable bonds is 5. The molecular formula is C23H22O. The summed E-state index contributed by atoms with van der Waals surface area (Å²) in [5.41, 5.74) is 6.37. The van der Waals surface area contributed by atoms with Gasteiger partial charge in [0.25, 0.3) is 0 Å². The van der Waals surface area contributed by atoms with Crippen LogP contribution >= 0.6 is 0 Å². The number of methoxy groups -OCH3 is 1. The number of hydrogen-bond acceptors (Lipinski definition) is 1. The molecule has 3 aromatic rings. The Kier molecular flexibility index (Phi) is 5.12. The van der Waals surface area contributed by atoms with E-state index in [-0.39, 0.29) is 0 Å². The van der Waals surface area contributed by atoms with Crippen LogP contribution in [-0.2, 0) is 0 Å². The van der Waals surface area contributed by atoms with Crippen LogP contribution in [0, 0.1) is 0 Å². The van der Waals surface area contributed by atoms with Gasteiger partial charge in [0, 0.05) is 0 Å². The zero-order chi connectivity index (χ0) is 16.8. The van der Waals surface area contributed by atoms with Gasteiger partial charge in [-0.25, -0.2) is 0 Å². The summed E-state index contributed by atoms with van der Waals surface area (Å²) in [6, 6.07) is 29.6. The maximum Gasteiger partial charge on any atom is 0.118 e. The average molecular weight is 314 g/mol. The third-order valence-corrected chi connectivity index (χ3v) is 4.22. The molecule has 3 aromatic carbocycles. The lowest BCUT2D eigenvalue weighted by atomic mass is 9.88. The molecule has 24 heavy (non-hydrogen) atoms. The molecule has 1 heteroatoms. The van der Waals surface area contributed by atoms with Crippen LogP contribution in [-0.4, -0.2) is 7.11 Å². The maximum absolute atomic E-state index is 5.30. The van der Waals surface area contributed by atoms with Crippen LogP contribution in [0.4, 0.5) is 0 Å². The van der Waals surface area contributed by atoms with Crippen molar-refractivity contribution in [2.24, 2.45) is 0 Å². The highest BCUT2D eigenvalue weighted by Gasteiger charge is 2.12. The first kappa shape index (κ1) is 16.1. The van der Waals surface area contributed by atoms with E-state index in [2.05, 4.69) is 79.7 Å². The molecular weight excluding hydrogens is 292 g/mol. The lowest BCUT2D eigenvalue weighted by Gasteiger charge is -2.16. The van der Waals surface area contributed by atoms with Crippen molar-refractivity contribution in [3.05, 3.63) is 102 Å². The van der Waals surface area contributed by atoms with Gasteiger partial charge in [0.1, 0.15) is 5.75 Å². The lowest BCUT2D eigenvalue weighted by molar-refractivity contribution is 0.415. The number of hydrogen-bond donors (Lipinski definition) is 0. The zero-order valence-electron chi connectivity index (χ0n) is 14.2. The van der Waals surface area contributed by atoms with E-state index in [1.807, 2.05) is 12.1 Å². The minimum absolute atomic E-state index is 0.884. The molecule has 0 amide bonds. The summed E-state index contributed by atoms with van der Waals surface area (Å²) in [7, 11) is 1.70. The van der Waals surface area contributed by atoms with Gasteiger partial charge in [-0.2, -0.15) is 0 Å². The van der Waals surface area contributed by atoms with Crippen LogP contribution < -0.4 is 4.74 Å². The van der Waals surface area contributed by atoms with Crippen molar-refractivity contribution < 1.29 is 4.74 Å². The summed E-state index contributed by atoms with van der Waals surface area (Å²) in [6.07, 6.45) is 0.964. The summed E-state index contributed by atoms with van der Waals surface area (Å²) >= 11 is 0. The van der Waals surface area contributed by atoms with Crippen molar-refractivity contribution in [3.63, 3.8) is 0 Å². The van der Waals surface area contributed by atoms with Gasteiger partial charge in [-0.1, -0.05) is 79.7 Å². The van der Waals surface area contributed by atoms with E-state index in [0.717, 1.165) is 12.2 Å². The molecule has 0 spiro atoms. The van der Waals surface area contributed by atoms with Crippen molar-refractivity contribution in [1.82, 2.24) is 0 Å². The summed E-state index contributed by atoms with van der Waals surface area (Å²) in [4.78, 5) is 0. The largest absolute Gasteiger partial charge is 0.497 e. The van der Waals surface area contributed by atoms with E-state index in [1.165, 1.54) is 27.8 Å². The molecule has 3 rings (SSSR count). The predicted octanol–water partition coefficient (Wildman–Crippen LogP) is 6.06. The minimum Gasteiger partial charge on any atom is -0.497 e. The fourth-order valence-corrected chi connectivity index (χ4v) is 3.04.